The van der Waals surface area contributed by atoms with Crippen LogP contribution in [0.2, 0.25) is 5.02 Å². The van der Waals surface area contributed by atoms with Gasteiger partial charge in [0.25, 0.3) is 0 Å². The van der Waals surface area contributed by atoms with Crippen LogP contribution in [0.4, 0.5) is 10.1 Å². The van der Waals surface area contributed by atoms with Crippen molar-refractivity contribution in [2.75, 3.05) is 5.32 Å². The number of thiocarbonyl (C=S) groups is 1. The number of para-hydroxylation sites is 1. The standard InChI is InChI=1S/C15H14ClFN2S/c1-10(11-5-4-6-12(16)9-11)18-15(20)19-14-8-3-2-7-13(14)17/h2-10H,1H3,(H2,18,19,20)/t10-/m0/s1. The van der Waals surface area contributed by atoms with Crippen molar-refractivity contribution in [3.05, 3.63) is 64.9 Å². The average Bonchev–Trinajstić information content (AvgIpc) is 2.41. The van der Waals surface area contributed by atoms with Gasteiger partial charge in [0, 0.05) is 5.02 Å². The van der Waals surface area contributed by atoms with Crippen molar-refractivity contribution in [3.8, 4) is 0 Å². The molecule has 0 aliphatic rings. The first-order chi connectivity index (χ1) is 9.56. The van der Waals surface area contributed by atoms with Crippen LogP contribution in [0, 0.1) is 5.82 Å². The minimum atomic E-state index is -0.341. The topological polar surface area (TPSA) is 24.1 Å². The van der Waals surface area contributed by atoms with Gasteiger partial charge in [-0.2, -0.15) is 0 Å². The molecular weight excluding hydrogens is 295 g/mol. The van der Waals surface area contributed by atoms with Gasteiger partial charge in [0.2, 0.25) is 0 Å². The van der Waals surface area contributed by atoms with Crippen molar-refractivity contribution < 1.29 is 4.39 Å². The number of hydrogen-bond donors (Lipinski definition) is 2. The summed E-state index contributed by atoms with van der Waals surface area (Å²) >= 11 is 11.1. The predicted molar refractivity (Wildman–Crippen MR) is 85.6 cm³/mol. The van der Waals surface area contributed by atoms with Gasteiger partial charge < -0.3 is 10.6 Å². The normalized spacial score (nSPS) is 11.8. The maximum absolute atomic E-state index is 13.5. The summed E-state index contributed by atoms with van der Waals surface area (Å²) in [7, 11) is 0. The molecule has 0 unspecified atom stereocenters. The molecule has 0 aliphatic carbocycles. The van der Waals surface area contributed by atoms with Crippen LogP contribution < -0.4 is 10.6 Å². The lowest BCUT2D eigenvalue weighted by atomic mass is 10.1. The van der Waals surface area contributed by atoms with E-state index in [2.05, 4.69) is 10.6 Å². The quantitative estimate of drug-likeness (QED) is 0.815. The Kier molecular flexibility index (Phi) is 4.93. The molecule has 0 aliphatic heterocycles. The van der Waals surface area contributed by atoms with Crippen molar-refractivity contribution in [2.24, 2.45) is 0 Å². The summed E-state index contributed by atoms with van der Waals surface area (Å²) < 4.78 is 13.5. The molecule has 2 aromatic rings. The zero-order chi connectivity index (χ0) is 14.5. The summed E-state index contributed by atoms with van der Waals surface area (Å²) in [5.74, 6) is -0.341. The van der Waals surface area contributed by atoms with Crippen molar-refractivity contribution in [2.45, 2.75) is 13.0 Å². The highest BCUT2D eigenvalue weighted by Crippen LogP contribution is 2.18. The lowest BCUT2D eigenvalue weighted by Crippen LogP contribution is -2.31. The summed E-state index contributed by atoms with van der Waals surface area (Å²) in [5.41, 5.74) is 1.36. The Labute approximate surface area is 128 Å². The van der Waals surface area contributed by atoms with Crippen LogP contribution in [0.25, 0.3) is 0 Å². The van der Waals surface area contributed by atoms with Crippen LogP contribution >= 0.6 is 23.8 Å². The van der Waals surface area contributed by atoms with Gasteiger partial charge in [-0.3, -0.25) is 0 Å². The van der Waals surface area contributed by atoms with Gasteiger partial charge in [-0.05, 0) is 49.0 Å². The second kappa shape index (κ2) is 6.68. The maximum atomic E-state index is 13.5. The first kappa shape index (κ1) is 14.8. The minimum absolute atomic E-state index is 0.0273. The molecule has 0 amide bonds. The Morgan fingerprint density at radius 2 is 1.95 bits per heavy atom. The second-order valence-electron chi connectivity index (χ2n) is 4.36. The fourth-order valence-electron chi connectivity index (χ4n) is 1.78. The highest BCUT2D eigenvalue weighted by Gasteiger charge is 2.08. The Morgan fingerprint density at radius 1 is 1.20 bits per heavy atom. The first-order valence-electron chi connectivity index (χ1n) is 6.14. The molecule has 0 spiro atoms. The molecule has 1 atom stereocenters. The van der Waals surface area contributed by atoms with Crippen LogP contribution in [0.5, 0.6) is 0 Å². The van der Waals surface area contributed by atoms with Gasteiger partial charge in [0.1, 0.15) is 5.82 Å². The molecule has 0 radical (unpaired) electrons. The fraction of sp³-hybridized carbons (Fsp3) is 0.133. The summed E-state index contributed by atoms with van der Waals surface area (Å²) in [4.78, 5) is 0. The summed E-state index contributed by atoms with van der Waals surface area (Å²) in [6.45, 7) is 1.96. The van der Waals surface area contributed by atoms with Gasteiger partial charge in [0.05, 0.1) is 11.7 Å². The van der Waals surface area contributed by atoms with Crippen molar-refractivity contribution in [3.63, 3.8) is 0 Å². The minimum Gasteiger partial charge on any atom is -0.356 e. The van der Waals surface area contributed by atoms with Crippen molar-refractivity contribution >= 4 is 34.6 Å². The van der Waals surface area contributed by atoms with E-state index in [0.717, 1.165) is 5.56 Å². The molecule has 2 N–H and O–H groups in total. The van der Waals surface area contributed by atoms with E-state index in [1.807, 2.05) is 31.2 Å². The SMILES string of the molecule is C[C@H](NC(=S)Nc1ccccc1F)c1cccc(Cl)c1. The number of halogens is 2. The van der Waals surface area contributed by atoms with E-state index in [-0.39, 0.29) is 11.9 Å². The van der Waals surface area contributed by atoms with E-state index >= 15 is 0 Å². The third kappa shape index (κ3) is 3.92. The molecule has 5 heteroatoms. The molecular formula is C15H14ClFN2S. The molecule has 2 aromatic carbocycles. The van der Waals surface area contributed by atoms with E-state index in [1.54, 1.807) is 18.2 Å². The molecule has 104 valence electrons. The van der Waals surface area contributed by atoms with Crippen LogP contribution in [0.1, 0.15) is 18.5 Å². The zero-order valence-electron chi connectivity index (χ0n) is 10.9. The van der Waals surface area contributed by atoms with Crippen LogP contribution in [0.3, 0.4) is 0 Å². The van der Waals surface area contributed by atoms with E-state index in [1.165, 1.54) is 6.07 Å². The largest absolute Gasteiger partial charge is 0.356 e. The van der Waals surface area contributed by atoms with Crippen LogP contribution in [-0.2, 0) is 0 Å². The molecule has 0 saturated heterocycles. The third-order valence-corrected chi connectivity index (χ3v) is 3.27. The molecule has 0 aromatic heterocycles. The molecule has 0 bridgehead atoms. The fourth-order valence-corrected chi connectivity index (χ4v) is 2.26. The van der Waals surface area contributed by atoms with E-state index < -0.39 is 0 Å². The number of rotatable bonds is 3. The molecule has 20 heavy (non-hydrogen) atoms. The summed E-state index contributed by atoms with van der Waals surface area (Å²) in [6, 6.07) is 13.9. The summed E-state index contributed by atoms with van der Waals surface area (Å²) in [6.07, 6.45) is 0. The van der Waals surface area contributed by atoms with E-state index in [4.69, 9.17) is 23.8 Å². The van der Waals surface area contributed by atoms with Gasteiger partial charge in [-0.1, -0.05) is 35.9 Å². The molecule has 2 nitrogen and oxygen atoms in total. The summed E-state index contributed by atoms with van der Waals surface area (Å²) in [5, 5.41) is 6.97. The molecule has 0 fully saturated rings. The number of anilines is 1. The molecule has 0 heterocycles. The van der Waals surface area contributed by atoms with Crippen LogP contribution in [0.15, 0.2) is 48.5 Å². The lowest BCUT2D eigenvalue weighted by Gasteiger charge is -2.17. The zero-order valence-corrected chi connectivity index (χ0v) is 12.4. The monoisotopic (exact) mass is 308 g/mol. The molecule has 0 saturated carbocycles. The van der Waals surface area contributed by atoms with Crippen molar-refractivity contribution in [1.29, 1.82) is 0 Å². The average molecular weight is 309 g/mol. The van der Waals surface area contributed by atoms with Crippen LogP contribution in [-0.4, -0.2) is 5.11 Å². The third-order valence-electron chi connectivity index (χ3n) is 2.82. The van der Waals surface area contributed by atoms with E-state index in [9.17, 15) is 4.39 Å². The Morgan fingerprint density at radius 3 is 2.65 bits per heavy atom. The maximum Gasteiger partial charge on any atom is 0.171 e. The van der Waals surface area contributed by atoms with Gasteiger partial charge in [-0.15, -0.1) is 0 Å². The predicted octanol–water partition coefficient (Wildman–Crippen LogP) is 4.53. The van der Waals surface area contributed by atoms with Gasteiger partial charge in [0.15, 0.2) is 5.11 Å². The Bertz CT molecular complexity index is 618. The van der Waals surface area contributed by atoms with Gasteiger partial charge >= 0.3 is 0 Å². The van der Waals surface area contributed by atoms with E-state index in [0.29, 0.717) is 15.8 Å². The number of hydrogen-bond acceptors (Lipinski definition) is 1. The first-order valence-corrected chi connectivity index (χ1v) is 6.92. The highest BCUT2D eigenvalue weighted by molar-refractivity contribution is 7.80. The Hall–Kier alpha value is -1.65. The number of nitrogens with one attached hydrogen (secondary N) is 2. The highest BCUT2D eigenvalue weighted by atomic mass is 35.5. The lowest BCUT2D eigenvalue weighted by molar-refractivity contribution is 0.631. The van der Waals surface area contributed by atoms with Crippen molar-refractivity contribution in [1.82, 2.24) is 5.32 Å². The van der Waals surface area contributed by atoms with Gasteiger partial charge in [-0.25, -0.2) is 4.39 Å². The number of benzene rings is 2. The Balaban J connectivity index is 2.00. The molecule has 2 rings (SSSR count). The smallest absolute Gasteiger partial charge is 0.171 e. The second-order valence-corrected chi connectivity index (χ2v) is 5.20.